The van der Waals surface area contributed by atoms with Crippen molar-refractivity contribution >= 4 is 5.91 Å². The van der Waals surface area contributed by atoms with Gasteiger partial charge < -0.3 is 4.90 Å². The number of carbonyl (C=O) groups excluding carboxylic acids is 1. The number of hydrogen-bond acceptors (Lipinski definition) is 2. The summed E-state index contributed by atoms with van der Waals surface area (Å²) in [4.78, 5) is 17.6. The molecule has 1 fully saturated rings. The van der Waals surface area contributed by atoms with Crippen LogP contribution in [-0.4, -0.2) is 28.4 Å². The van der Waals surface area contributed by atoms with Crippen LogP contribution in [0.25, 0.3) is 0 Å². The molecule has 0 N–H and O–H groups in total. The van der Waals surface area contributed by atoms with E-state index in [1.165, 1.54) is 18.7 Å². The van der Waals surface area contributed by atoms with Crippen molar-refractivity contribution in [3.05, 3.63) is 29.8 Å². The third-order valence-corrected chi connectivity index (χ3v) is 3.33. The summed E-state index contributed by atoms with van der Waals surface area (Å²) in [5.41, 5.74) is 0.401. The van der Waals surface area contributed by atoms with Crippen LogP contribution in [0.15, 0.2) is 18.3 Å². The Morgan fingerprint density at radius 3 is 3.12 bits per heavy atom. The first-order valence-electron chi connectivity index (χ1n) is 6.15. The van der Waals surface area contributed by atoms with Crippen LogP contribution in [0.3, 0.4) is 0 Å². The number of carbonyl (C=O) groups is 1. The molecule has 17 heavy (non-hydrogen) atoms. The number of rotatable bonds is 2. The van der Waals surface area contributed by atoms with Gasteiger partial charge in [-0.05, 0) is 31.7 Å². The number of pyridine rings is 1. The van der Waals surface area contributed by atoms with Crippen LogP contribution in [0.5, 0.6) is 0 Å². The highest BCUT2D eigenvalue weighted by Crippen LogP contribution is 2.21. The molecule has 2 heterocycles. The maximum absolute atomic E-state index is 13.0. The Bertz CT molecular complexity index is 408. The molecule has 0 bridgehead atoms. The molecular formula is C13H17FN2O. The largest absolute Gasteiger partial charge is 0.336 e. The summed E-state index contributed by atoms with van der Waals surface area (Å²) in [7, 11) is 0. The van der Waals surface area contributed by atoms with E-state index in [0.29, 0.717) is 11.6 Å². The van der Waals surface area contributed by atoms with Crippen LogP contribution in [0.2, 0.25) is 0 Å². The van der Waals surface area contributed by atoms with Gasteiger partial charge in [0.2, 0.25) is 5.95 Å². The Balaban J connectivity index is 2.18. The number of amides is 1. The molecule has 4 heteroatoms. The van der Waals surface area contributed by atoms with Crippen molar-refractivity contribution in [2.24, 2.45) is 0 Å². The third kappa shape index (κ3) is 2.62. The van der Waals surface area contributed by atoms with Crippen LogP contribution >= 0.6 is 0 Å². The van der Waals surface area contributed by atoms with Crippen LogP contribution in [0.1, 0.15) is 43.0 Å². The van der Waals surface area contributed by atoms with E-state index in [4.69, 9.17) is 0 Å². The van der Waals surface area contributed by atoms with Gasteiger partial charge in [-0.15, -0.1) is 0 Å². The average Bonchev–Trinajstić information content (AvgIpc) is 2.38. The zero-order valence-corrected chi connectivity index (χ0v) is 10.0. The quantitative estimate of drug-likeness (QED) is 0.739. The van der Waals surface area contributed by atoms with Crippen molar-refractivity contribution in [1.82, 2.24) is 9.88 Å². The number of piperidine rings is 1. The molecule has 0 saturated carbocycles. The van der Waals surface area contributed by atoms with E-state index in [9.17, 15) is 9.18 Å². The van der Waals surface area contributed by atoms with E-state index in [1.54, 1.807) is 6.07 Å². The van der Waals surface area contributed by atoms with E-state index in [-0.39, 0.29) is 5.91 Å². The molecule has 92 valence electrons. The smallest absolute Gasteiger partial charge is 0.254 e. The second kappa shape index (κ2) is 5.25. The average molecular weight is 236 g/mol. The fourth-order valence-corrected chi connectivity index (χ4v) is 2.39. The van der Waals surface area contributed by atoms with E-state index in [0.717, 1.165) is 25.8 Å². The minimum Gasteiger partial charge on any atom is -0.336 e. The van der Waals surface area contributed by atoms with E-state index < -0.39 is 5.95 Å². The standard InChI is InChI=1S/C13H17FN2O/c1-2-11-5-3-4-8-16(11)13(17)10-6-7-15-12(14)9-10/h6-7,9,11H,2-5,8H2,1H3. The zero-order valence-electron chi connectivity index (χ0n) is 10.0. The van der Waals surface area contributed by atoms with Crippen molar-refractivity contribution in [2.75, 3.05) is 6.54 Å². The first-order valence-corrected chi connectivity index (χ1v) is 6.15. The number of hydrogen-bond donors (Lipinski definition) is 0. The molecule has 1 atom stereocenters. The molecule has 1 amide bonds. The lowest BCUT2D eigenvalue weighted by molar-refractivity contribution is 0.0607. The molecule has 1 aromatic heterocycles. The fourth-order valence-electron chi connectivity index (χ4n) is 2.39. The highest BCUT2D eigenvalue weighted by atomic mass is 19.1. The van der Waals surface area contributed by atoms with Gasteiger partial charge in [0.25, 0.3) is 5.91 Å². The Hall–Kier alpha value is -1.45. The topological polar surface area (TPSA) is 33.2 Å². The molecule has 1 saturated heterocycles. The van der Waals surface area contributed by atoms with E-state index in [1.807, 2.05) is 4.90 Å². The second-order valence-corrected chi connectivity index (χ2v) is 4.42. The van der Waals surface area contributed by atoms with Gasteiger partial charge in [-0.1, -0.05) is 6.92 Å². The SMILES string of the molecule is CCC1CCCCN1C(=O)c1ccnc(F)c1. The Kier molecular flexibility index (Phi) is 3.71. The molecule has 0 aliphatic carbocycles. The van der Waals surface area contributed by atoms with Gasteiger partial charge in [0.15, 0.2) is 0 Å². The van der Waals surface area contributed by atoms with Crippen molar-refractivity contribution in [1.29, 1.82) is 0 Å². The van der Waals surface area contributed by atoms with Crippen LogP contribution in [-0.2, 0) is 0 Å². The highest BCUT2D eigenvalue weighted by Gasteiger charge is 2.26. The maximum atomic E-state index is 13.0. The van der Waals surface area contributed by atoms with Crippen molar-refractivity contribution in [3.63, 3.8) is 0 Å². The summed E-state index contributed by atoms with van der Waals surface area (Å²) in [5.74, 6) is -0.668. The molecule has 0 radical (unpaired) electrons. The summed E-state index contributed by atoms with van der Waals surface area (Å²) in [6, 6.07) is 3.09. The maximum Gasteiger partial charge on any atom is 0.254 e. The molecular weight excluding hydrogens is 219 g/mol. The van der Waals surface area contributed by atoms with Gasteiger partial charge in [0, 0.05) is 30.4 Å². The number of halogens is 1. The molecule has 0 spiro atoms. The van der Waals surface area contributed by atoms with Crippen molar-refractivity contribution in [3.8, 4) is 0 Å². The van der Waals surface area contributed by atoms with Gasteiger partial charge in [0.05, 0.1) is 0 Å². The first-order chi connectivity index (χ1) is 8.22. The van der Waals surface area contributed by atoms with Crippen LogP contribution < -0.4 is 0 Å². The summed E-state index contributed by atoms with van der Waals surface area (Å²) in [6.07, 6.45) is 5.56. The lowest BCUT2D eigenvalue weighted by Crippen LogP contribution is -2.43. The van der Waals surface area contributed by atoms with Gasteiger partial charge in [-0.25, -0.2) is 4.98 Å². The van der Waals surface area contributed by atoms with E-state index >= 15 is 0 Å². The molecule has 1 aromatic rings. The summed E-state index contributed by atoms with van der Waals surface area (Å²) in [5, 5.41) is 0. The normalized spacial score (nSPS) is 20.4. The number of likely N-dealkylation sites (tertiary alicyclic amines) is 1. The number of nitrogens with zero attached hydrogens (tertiary/aromatic N) is 2. The first kappa shape index (κ1) is 12.0. The Labute approximate surface area is 101 Å². The minimum atomic E-state index is -0.596. The van der Waals surface area contributed by atoms with Gasteiger partial charge in [-0.2, -0.15) is 4.39 Å². The van der Waals surface area contributed by atoms with Crippen molar-refractivity contribution in [2.45, 2.75) is 38.6 Å². The minimum absolute atomic E-state index is 0.0714. The van der Waals surface area contributed by atoms with Gasteiger partial charge >= 0.3 is 0 Å². The third-order valence-electron chi connectivity index (χ3n) is 3.33. The molecule has 1 aliphatic heterocycles. The molecule has 1 unspecified atom stereocenters. The zero-order chi connectivity index (χ0) is 12.3. The molecule has 1 aliphatic rings. The lowest BCUT2D eigenvalue weighted by Gasteiger charge is -2.35. The predicted molar refractivity (Wildman–Crippen MR) is 63.2 cm³/mol. The van der Waals surface area contributed by atoms with E-state index in [2.05, 4.69) is 11.9 Å². The monoisotopic (exact) mass is 236 g/mol. The van der Waals surface area contributed by atoms with Gasteiger partial charge in [-0.3, -0.25) is 4.79 Å². The Morgan fingerprint density at radius 2 is 2.41 bits per heavy atom. The fraction of sp³-hybridized carbons (Fsp3) is 0.538. The lowest BCUT2D eigenvalue weighted by atomic mass is 9.99. The van der Waals surface area contributed by atoms with Crippen LogP contribution in [0.4, 0.5) is 4.39 Å². The molecule has 3 nitrogen and oxygen atoms in total. The molecule has 2 rings (SSSR count). The summed E-state index contributed by atoms with van der Waals surface area (Å²) >= 11 is 0. The summed E-state index contributed by atoms with van der Waals surface area (Å²) < 4.78 is 13.0. The second-order valence-electron chi connectivity index (χ2n) is 4.42. The van der Waals surface area contributed by atoms with Crippen LogP contribution in [0, 0.1) is 5.95 Å². The van der Waals surface area contributed by atoms with Gasteiger partial charge in [0.1, 0.15) is 0 Å². The Morgan fingerprint density at radius 1 is 1.59 bits per heavy atom. The summed E-state index contributed by atoms with van der Waals surface area (Å²) in [6.45, 7) is 2.87. The highest BCUT2D eigenvalue weighted by molar-refractivity contribution is 5.94. The van der Waals surface area contributed by atoms with Crippen molar-refractivity contribution < 1.29 is 9.18 Å². The number of aromatic nitrogens is 1. The predicted octanol–water partition coefficient (Wildman–Crippen LogP) is 2.63. The molecule has 0 aromatic carbocycles.